The summed E-state index contributed by atoms with van der Waals surface area (Å²) in [4.78, 5) is 6.98. The van der Waals surface area contributed by atoms with E-state index in [-0.39, 0.29) is 6.61 Å². The average molecular weight is 220 g/mol. The number of hydrogen-bond acceptors (Lipinski definition) is 3. The molecule has 0 spiro atoms. The molecule has 1 saturated heterocycles. The minimum absolute atomic E-state index is 0.0433. The lowest BCUT2D eigenvalue weighted by molar-refractivity contribution is 0.220. The smallest absolute Gasteiger partial charge is 0.0853 e. The summed E-state index contributed by atoms with van der Waals surface area (Å²) in [7, 11) is 0. The summed E-state index contributed by atoms with van der Waals surface area (Å²) >= 11 is 0. The lowest BCUT2D eigenvalue weighted by atomic mass is 9.93. The fourth-order valence-electron chi connectivity index (χ4n) is 2.36. The first-order valence-electron chi connectivity index (χ1n) is 6.12. The number of aliphatic hydroxyl groups excluding tert-OH is 1. The van der Waals surface area contributed by atoms with Crippen LogP contribution in [-0.4, -0.2) is 34.6 Å². The first-order valence-corrected chi connectivity index (χ1v) is 6.12. The fraction of sp³-hybridized carbons (Fsp3) is 0.615. The quantitative estimate of drug-likeness (QED) is 0.843. The Kier molecular flexibility index (Phi) is 3.91. The Balaban J connectivity index is 2.02. The zero-order chi connectivity index (χ0) is 11.4. The van der Waals surface area contributed by atoms with Gasteiger partial charge in [-0.2, -0.15) is 0 Å². The van der Waals surface area contributed by atoms with Crippen LogP contribution in [0, 0.1) is 0 Å². The van der Waals surface area contributed by atoms with Crippen molar-refractivity contribution in [2.24, 2.45) is 0 Å². The maximum absolute atomic E-state index is 9.07. The van der Waals surface area contributed by atoms with Gasteiger partial charge in [-0.3, -0.25) is 4.98 Å². The molecule has 1 aliphatic heterocycles. The Hall–Kier alpha value is -0.930. The van der Waals surface area contributed by atoms with Crippen LogP contribution in [-0.2, 0) is 6.61 Å². The van der Waals surface area contributed by atoms with E-state index >= 15 is 0 Å². The molecule has 1 fully saturated rings. The first-order chi connectivity index (χ1) is 7.83. The molecule has 1 aromatic heterocycles. The Bertz CT molecular complexity index is 332. The van der Waals surface area contributed by atoms with Crippen LogP contribution in [0.4, 0.5) is 0 Å². The van der Waals surface area contributed by atoms with Crippen LogP contribution in [0.3, 0.4) is 0 Å². The Labute approximate surface area is 97.1 Å². The van der Waals surface area contributed by atoms with Crippen molar-refractivity contribution in [1.82, 2.24) is 9.88 Å². The zero-order valence-electron chi connectivity index (χ0n) is 9.89. The summed E-state index contributed by atoms with van der Waals surface area (Å²) in [6.45, 7) is 5.75. The molecule has 0 bridgehead atoms. The van der Waals surface area contributed by atoms with Crippen molar-refractivity contribution in [3.05, 3.63) is 29.6 Å². The van der Waals surface area contributed by atoms with Crippen molar-refractivity contribution in [2.45, 2.75) is 32.3 Å². The predicted molar refractivity (Wildman–Crippen MR) is 64.2 cm³/mol. The zero-order valence-corrected chi connectivity index (χ0v) is 9.89. The van der Waals surface area contributed by atoms with Crippen molar-refractivity contribution >= 4 is 0 Å². The molecule has 88 valence electrons. The van der Waals surface area contributed by atoms with Gasteiger partial charge in [0.15, 0.2) is 0 Å². The summed E-state index contributed by atoms with van der Waals surface area (Å²) in [6, 6.07) is 5.97. The molecule has 2 rings (SSSR count). The van der Waals surface area contributed by atoms with E-state index in [9.17, 15) is 0 Å². The third kappa shape index (κ3) is 2.60. The molecule has 0 atom stereocenters. The monoisotopic (exact) mass is 220 g/mol. The molecule has 3 heteroatoms. The molecule has 0 aliphatic carbocycles. The molecule has 1 aromatic rings. The average Bonchev–Trinajstić information content (AvgIpc) is 2.39. The molecular formula is C13H20N2O. The van der Waals surface area contributed by atoms with Gasteiger partial charge >= 0.3 is 0 Å². The highest BCUT2D eigenvalue weighted by atomic mass is 16.3. The standard InChI is InChI=1S/C13H20N2O/c1-2-15-8-6-11(7-9-15)13-5-3-4-12(10-16)14-13/h3-5,11,16H,2,6-10H2,1H3. The Morgan fingerprint density at radius 2 is 2.12 bits per heavy atom. The molecule has 3 nitrogen and oxygen atoms in total. The van der Waals surface area contributed by atoms with E-state index in [0.29, 0.717) is 5.92 Å². The number of piperidine rings is 1. The molecule has 16 heavy (non-hydrogen) atoms. The highest BCUT2D eigenvalue weighted by Crippen LogP contribution is 2.26. The SMILES string of the molecule is CCN1CCC(c2cccc(CO)n2)CC1. The van der Waals surface area contributed by atoms with Gasteiger partial charge in [0.2, 0.25) is 0 Å². The van der Waals surface area contributed by atoms with Gasteiger partial charge < -0.3 is 10.0 Å². The van der Waals surface area contributed by atoms with Crippen molar-refractivity contribution < 1.29 is 5.11 Å². The van der Waals surface area contributed by atoms with Gasteiger partial charge in [-0.05, 0) is 44.6 Å². The molecule has 1 N–H and O–H groups in total. The predicted octanol–water partition coefficient (Wildman–Crippen LogP) is 1.77. The van der Waals surface area contributed by atoms with Crippen molar-refractivity contribution in [3.63, 3.8) is 0 Å². The summed E-state index contributed by atoms with van der Waals surface area (Å²) in [6.07, 6.45) is 2.38. The molecule has 0 aromatic carbocycles. The Morgan fingerprint density at radius 3 is 2.75 bits per heavy atom. The van der Waals surface area contributed by atoms with Crippen LogP contribution < -0.4 is 0 Å². The van der Waals surface area contributed by atoms with Crippen LogP contribution in [0.2, 0.25) is 0 Å². The van der Waals surface area contributed by atoms with Gasteiger partial charge in [-0.25, -0.2) is 0 Å². The third-order valence-corrected chi connectivity index (χ3v) is 3.44. The highest BCUT2D eigenvalue weighted by Gasteiger charge is 2.20. The van der Waals surface area contributed by atoms with Crippen LogP contribution in [0.25, 0.3) is 0 Å². The molecule has 0 saturated carbocycles. The number of nitrogens with zero attached hydrogens (tertiary/aromatic N) is 2. The molecule has 0 radical (unpaired) electrons. The number of rotatable bonds is 3. The second kappa shape index (κ2) is 5.41. The number of aliphatic hydroxyl groups is 1. The van der Waals surface area contributed by atoms with E-state index in [4.69, 9.17) is 5.11 Å². The topological polar surface area (TPSA) is 36.4 Å². The van der Waals surface area contributed by atoms with E-state index in [2.05, 4.69) is 22.9 Å². The molecular weight excluding hydrogens is 200 g/mol. The third-order valence-electron chi connectivity index (χ3n) is 3.44. The molecule has 2 heterocycles. The lowest BCUT2D eigenvalue weighted by Crippen LogP contribution is -2.32. The minimum atomic E-state index is 0.0433. The summed E-state index contributed by atoms with van der Waals surface area (Å²) in [5.74, 6) is 0.578. The largest absolute Gasteiger partial charge is 0.390 e. The number of pyridine rings is 1. The van der Waals surface area contributed by atoms with Crippen LogP contribution in [0.5, 0.6) is 0 Å². The molecule has 0 amide bonds. The normalized spacial score (nSPS) is 18.9. The summed E-state index contributed by atoms with van der Waals surface area (Å²) < 4.78 is 0. The lowest BCUT2D eigenvalue weighted by Gasteiger charge is -2.30. The van der Waals surface area contributed by atoms with Crippen LogP contribution in [0.1, 0.15) is 37.1 Å². The van der Waals surface area contributed by atoms with Gasteiger partial charge in [0, 0.05) is 11.6 Å². The first kappa shape index (κ1) is 11.6. The van der Waals surface area contributed by atoms with Gasteiger partial charge in [0.25, 0.3) is 0 Å². The van der Waals surface area contributed by atoms with Crippen molar-refractivity contribution in [2.75, 3.05) is 19.6 Å². The molecule has 0 unspecified atom stereocenters. The second-order valence-electron chi connectivity index (χ2n) is 4.42. The fourth-order valence-corrected chi connectivity index (χ4v) is 2.36. The molecule has 1 aliphatic rings. The van der Waals surface area contributed by atoms with Crippen molar-refractivity contribution in [1.29, 1.82) is 0 Å². The van der Waals surface area contributed by atoms with E-state index in [1.807, 2.05) is 12.1 Å². The van der Waals surface area contributed by atoms with E-state index in [1.165, 1.54) is 25.9 Å². The number of hydrogen-bond donors (Lipinski definition) is 1. The summed E-state index contributed by atoms with van der Waals surface area (Å²) in [5.41, 5.74) is 1.94. The Morgan fingerprint density at radius 1 is 1.38 bits per heavy atom. The van der Waals surface area contributed by atoms with Gasteiger partial charge in [-0.1, -0.05) is 13.0 Å². The van der Waals surface area contributed by atoms with Gasteiger partial charge in [0.05, 0.1) is 12.3 Å². The summed E-state index contributed by atoms with van der Waals surface area (Å²) in [5, 5.41) is 9.07. The van der Waals surface area contributed by atoms with E-state index < -0.39 is 0 Å². The highest BCUT2D eigenvalue weighted by molar-refractivity contribution is 5.15. The van der Waals surface area contributed by atoms with E-state index in [0.717, 1.165) is 17.9 Å². The van der Waals surface area contributed by atoms with E-state index in [1.54, 1.807) is 0 Å². The van der Waals surface area contributed by atoms with Gasteiger partial charge in [-0.15, -0.1) is 0 Å². The number of aromatic nitrogens is 1. The maximum atomic E-state index is 9.07. The van der Waals surface area contributed by atoms with Crippen LogP contribution in [0.15, 0.2) is 18.2 Å². The number of likely N-dealkylation sites (tertiary alicyclic amines) is 1. The maximum Gasteiger partial charge on any atom is 0.0853 e. The van der Waals surface area contributed by atoms with Gasteiger partial charge in [0.1, 0.15) is 0 Å². The van der Waals surface area contributed by atoms with Crippen LogP contribution >= 0.6 is 0 Å². The minimum Gasteiger partial charge on any atom is -0.390 e. The second-order valence-corrected chi connectivity index (χ2v) is 4.42. The van der Waals surface area contributed by atoms with Crippen molar-refractivity contribution in [3.8, 4) is 0 Å².